The van der Waals surface area contributed by atoms with Gasteiger partial charge < -0.3 is 0 Å². The fraction of sp³-hybridized carbons (Fsp3) is 0.0600. The SMILES string of the molecule is [C-]#[N+]c1ccc2c(c1)-c1cc(-c3ccc(-c4ccc(-c5cc(-c6ccc(-c7ccccc7)cc6)nc(-c6ccccc6)n5)cc4)cc3)ccc1C2(C)C. The van der Waals surface area contributed by atoms with E-state index in [-0.39, 0.29) is 5.41 Å². The van der Waals surface area contributed by atoms with Crippen LogP contribution in [0.4, 0.5) is 5.69 Å². The van der Waals surface area contributed by atoms with Gasteiger partial charge in [-0.3, -0.25) is 0 Å². The Hall–Kier alpha value is -6.89. The van der Waals surface area contributed by atoms with E-state index in [4.69, 9.17) is 16.5 Å². The van der Waals surface area contributed by atoms with Gasteiger partial charge in [-0.1, -0.05) is 172 Å². The van der Waals surface area contributed by atoms with Crippen molar-refractivity contribution in [3.05, 3.63) is 198 Å². The molecule has 0 saturated carbocycles. The average Bonchev–Trinajstić information content (AvgIpc) is 3.46. The molecule has 1 heterocycles. The molecule has 1 aliphatic rings. The van der Waals surface area contributed by atoms with E-state index >= 15 is 0 Å². The lowest BCUT2D eigenvalue weighted by atomic mass is 9.82. The lowest BCUT2D eigenvalue weighted by Gasteiger charge is -2.21. The van der Waals surface area contributed by atoms with Crippen molar-refractivity contribution >= 4 is 5.69 Å². The van der Waals surface area contributed by atoms with Gasteiger partial charge in [-0.25, -0.2) is 14.8 Å². The van der Waals surface area contributed by atoms with Gasteiger partial charge in [0, 0.05) is 22.1 Å². The number of nitrogens with zero attached hydrogens (tertiary/aromatic N) is 3. The molecule has 0 atom stereocenters. The third kappa shape index (κ3) is 5.91. The van der Waals surface area contributed by atoms with Crippen molar-refractivity contribution in [2.45, 2.75) is 19.3 Å². The van der Waals surface area contributed by atoms with Crippen LogP contribution in [0.1, 0.15) is 25.0 Å². The highest BCUT2D eigenvalue weighted by Gasteiger charge is 2.35. The lowest BCUT2D eigenvalue weighted by molar-refractivity contribution is 0.660. The summed E-state index contributed by atoms with van der Waals surface area (Å²) in [4.78, 5) is 13.8. The Labute approximate surface area is 310 Å². The van der Waals surface area contributed by atoms with Crippen molar-refractivity contribution in [2.24, 2.45) is 0 Å². The van der Waals surface area contributed by atoms with E-state index < -0.39 is 0 Å². The normalized spacial score (nSPS) is 12.5. The van der Waals surface area contributed by atoms with Gasteiger partial charge in [0.1, 0.15) is 0 Å². The van der Waals surface area contributed by atoms with Crippen LogP contribution in [0.5, 0.6) is 0 Å². The zero-order valence-corrected chi connectivity index (χ0v) is 29.6. The second kappa shape index (κ2) is 13.0. The molecule has 0 spiro atoms. The molecule has 0 aliphatic heterocycles. The van der Waals surface area contributed by atoms with Crippen molar-refractivity contribution < 1.29 is 0 Å². The Balaban J connectivity index is 1.01. The van der Waals surface area contributed by atoms with E-state index in [2.05, 4.69) is 158 Å². The third-order valence-corrected chi connectivity index (χ3v) is 10.6. The number of hydrogen-bond acceptors (Lipinski definition) is 2. The fourth-order valence-corrected chi connectivity index (χ4v) is 7.62. The highest BCUT2D eigenvalue weighted by atomic mass is 14.9. The van der Waals surface area contributed by atoms with Gasteiger partial charge in [-0.15, -0.1) is 0 Å². The lowest BCUT2D eigenvalue weighted by Crippen LogP contribution is -2.14. The van der Waals surface area contributed by atoms with E-state index in [1.54, 1.807) is 0 Å². The molecule has 7 aromatic carbocycles. The fourth-order valence-electron chi connectivity index (χ4n) is 7.62. The molecular formula is C50H35N3. The topological polar surface area (TPSA) is 30.1 Å². The molecule has 53 heavy (non-hydrogen) atoms. The van der Waals surface area contributed by atoms with Crippen LogP contribution < -0.4 is 0 Å². The molecule has 0 amide bonds. The van der Waals surface area contributed by atoms with Gasteiger partial charge in [-0.05, 0) is 73.8 Å². The van der Waals surface area contributed by atoms with Crippen molar-refractivity contribution in [1.29, 1.82) is 0 Å². The van der Waals surface area contributed by atoms with Crippen molar-refractivity contribution in [2.75, 3.05) is 0 Å². The highest BCUT2D eigenvalue weighted by molar-refractivity contribution is 5.86. The number of hydrogen-bond donors (Lipinski definition) is 0. The second-order valence-corrected chi connectivity index (χ2v) is 14.2. The number of benzene rings is 7. The first-order valence-corrected chi connectivity index (χ1v) is 17.9. The van der Waals surface area contributed by atoms with Crippen molar-refractivity contribution in [3.63, 3.8) is 0 Å². The molecule has 3 heteroatoms. The van der Waals surface area contributed by atoms with Crippen LogP contribution in [0, 0.1) is 6.57 Å². The molecule has 0 bridgehead atoms. The summed E-state index contributed by atoms with van der Waals surface area (Å²) in [6, 6.07) is 61.6. The Bertz CT molecular complexity index is 2650. The van der Waals surface area contributed by atoms with Gasteiger partial charge in [-0.2, -0.15) is 0 Å². The van der Waals surface area contributed by atoms with Crippen LogP contribution >= 0.6 is 0 Å². The molecule has 9 rings (SSSR count). The summed E-state index contributed by atoms with van der Waals surface area (Å²) in [5, 5.41) is 0. The molecule has 250 valence electrons. The molecule has 1 aromatic heterocycles. The Kier molecular flexibility index (Phi) is 7.87. The van der Waals surface area contributed by atoms with Crippen molar-refractivity contribution in [3.8, 4) is 78.4 Å². The molecule has 0 unspecified atom stereocenters. The standard InChI is InChI=1S/C50H35N3/c1-50(2)45-28-26-41(30-43(45)44-31-42(51-3)27-29-46(44)50)37-16-14-35(15-17-37)36-20-24-39(25-21-36)48-32-47(52-49(53-48)40-12-8-5-9-13-40)38-22-18-34(19-23-38)33-10-6-4-7-11-33/h4-32H,1-2H3. The minimum Gasteiger partial charge on any atom is -0.238 e. The largest absolute Gasteiger partial charge is 0.238 e. The molecular weight excluding hydrogens is 643 g/mol. The number of aromatic nitrogens is 2. The van der Waals surface area contributed by atoms with Gasteiger partial charge in [0.05, 0.1) is 18.0 Å². The predicted molar refractivity (Wildman–Crippen MR) is 218 cm³/mol. The molecule has 0 fully saturated rings. The van der Waals surface area contributed by atoms with E-state index in [1.807, 2.05) is 36.4 Å². The molecule has 0 saturated heterocycles. The monoisotopic (exact) mass is 677 g/mol. The summed E-state index contributed by atoms with van der Waals surface area (Å²) in [5.41, 5.74) is 17.4. The predicted octanol–water partition coefficient (Wildman–Crippen LogP) is 13.3. The van der Waals surface area contributed by atoms with Crippen LogP contribution in [0.2, 0.25) is 0 Å². The smallest absolute Gasteiger partial charge is 0.187 e. The zero-order valence-electron chi connectivity index (χ0n) is 29.6. The van der Waals surface area contributed by atoms with Crippen LogP contribution in [0.25, 0.3) is 83.3 Å². The minimum atomic E-state index is -0.0929. The maximum absolute atomic E-state index is 7.54. The summed E-state index contributed by atoms with van der Waals surface area (Å²) in [6.45, 7) is 12.1. The van der Waals surface area contributed by atoms with Crippen molar-refractivity contribution in [1.82, 2.24) is 9.97 Å². The van der Waals surface area contributed by atoms with Gasteiger partial charge in [0.15, 0.2) is 11.5 Å². The van der Waals surface area contributed by atoms with Gasteiger partial charge in [0.2, 0.25) is 0 Å². The maximum atomic E-state index is 7.54. The first-order valence-electron chi connectivity index (χ1n) is 17.9. The zero-order chi connectivity index (χ0) is 35.9. The summed E-state index contributed by atoms with van der Waals surface area (Å²) >= 11 is 0. The van der Waals surface area contributed by atoms with E-state index in [9.17, 15) is 0 Å². The van der Waals surface area contributed by atoms with Gasteiger partial charge in [0.25, 0.3) is 0 Å². The third-order valence-electron chi connectivity index (χ3n) is 10.6. The second-order valence-electron chi connectivity index (χ2n) is 14.2. The molecule has 3 nitrogen and oxygen atoms in total. The van der Waals surface area contributed by atoms with Crippen LogP contribution in [-0.2, 0) is 5.41 Å². The van der Waals surface area contributed by atoms with Gasteiger partial charge >= 0.3 is 0 Å². The number of fused-ring (bicyclic) bond motifs is 3. The Morgan fingerprint density at radius 1 is 0.396 bits per heavy atom. The summed E-state index contributed by atoms with van der Waals surface area (Å²) in [6.07, 6.45) is 0. The average molecular weight is 678 g/mol. The molecule has 1 aliphatic carbocycles. The summed E-state index contributed by atoms with van der Waals surface area (Å²) in [5.74, 6) is 0.704. The first-order chi connectivity index (χ1) is 25.9. The first kappa shape index (κ1) is 32.0. The van der Waals surface area contributed by atoms with Crippen LogP contribution in [0.15, 0.2) is 176 Å². The Morgan fingerprint density at radius 2 is 0.792 bits per heavy atom. The van der Waals surface area contributed by atoms with E-state index in [0.29, 0.717) is 11.5 Å². The van der Waals surface area contributed by atoms with E-state index in [1.165, 1.54) is 44.5 Å². The minimum absolute atomic E-state index is 0.0929. The number of rotatable bonds is 6. The van der Waals surface area contributed by atoms with Crippen LogP contribution in [0.3, 0.4) is 0 Å². The quantitative estimate of drug-likeness (QED) is 0.164. The summed E-state index contributed by atoms with van der Waals surface area (Å²) < 4.78 is 0. The summed E-state index contributed by atoms with van der Waals surface area (Å²) in [7, 11) is 0. The highest BCUT2D eigenvalue weighted by Crippen LogP contribution is 2.50. The molecule has 8 aromatic rings. The van der Waals surface area contributed by atoms with Crippen LogP contribution in [-0.4, -0.2) is 9.97 Å². The maximum Gasteiger partial charge on any atom is 0.187 e. The molecule has 0 N–H and O–H groups in total. The van der Waals surface area contributed by atoms with E-state index in [0.717, 1.165) is 39.2 Å². The Morgan fingerprint density at radius 3 is 1.30 bits per heavy atom. The molecule has 0 radical (unpaired) electrons.